The molecule has 3 N–H and O–H groups in total. The van der Waals surface area contributed by atoms with E-state index in [4.69, 9.17) is 10.2 Å². The topological polar surface area (TPSA) is 103 Å². The van der Waals surface area contributed by atoms with Crippen LogP contribution in [0.4, 0.5) is 0 Å². The SMILES string of the molecule is Cc1cc(=O)c(O)c(CN(C)CCO)n1CCC(=O)O. The average Bonchev–Trinajstić information content (AvgIpc) is 2.35. The van der Waals surface area contributed by atoms with Crippen molar-refractivity contribution in [3.05, 3.63) is 27.7 Å². The van der Waals surface area contributed by atoms with Crippen LogP contribution >= 0.6 is 0 Å². The molecule has 0 fully saturated rings. The monoisotopic (exact) mass is 284 g/mol. The summed E-state index contributed by atoms with van der Waals surface area (Å²) in [6, 6.07) is 1.28. The van der Waals surface area contributed by atoms with E-state index >= 15 is 0 Å². The van der Waals surface area contributed by atoms with Crippen LogP contribution in [0.2, 0.25) is 0 Å². The van der Waals surface area contributed by atoms with Crippen LogP contribution in [0.1, 0.15) is 17.8 Å². The molecule has 0 aliphatic carbocycles. The Morgan fingerprint density at radius 3 is 2.65 bits per heavy atom. The summed E-state index contributed by atoms with van der Waals surface area (Å²) in [6.45, 7) is 2.47. The van der Waals surface area contributed by atoms with Crippen molar-refractivity contribution in [1.29, 1.82) is 0 Å². The van der Waals surface area contributed by atoms with E-state index in [0.29, 0.717) is 17.9 Å². The summed E-state index contributed by atoms with van der Waals surface area (Å²) in [7, 11) is 1.74. The van der Waals surface area contributed by atoms with Gasteiger partial charge in [0, 0.05) is 31.4 Å². The largest absolute Gasteiger partial charge is 0.503 e. The summed E-state index contributed by atoms with van der Waals surface area (Å²) in [6.07, 6.45) is -0.0974. The summed E-state index contributed by atoms with van der Waals surface area (Å²) in [5, 5.41) is 27.6. The van der Waals surface area contributed by atoms with Crippen LogP contribution in [0, 0.1) is 6.92 Å². The van der Waals surface area contributed by atoms with Crippen molar-refractivity contribution in [3.63, 3.8) is 0 Å². The molecule has 0 aromatic carbocycles. The number of aromatic nitrogens is 1. The molecule has 0 saturated carbocycles. The van der Waals surface area contributed by atoms with Crippen molar-refractivity contribution < 1.29 is 20.1 Å². The van der Waals surface area contributed by atoms with Crippen molar-refractivity contribution >= 4 is 5.97 Å². The molecule has 0 unspecified atom stereocenters. The van der Waals surface area contributed by atoms with Crippen molar-refractivity contribution in [2.45, 2.75) is 26.4 Å². The zero-order valence-electron chi connectivity index (χ0n) is 11.7. The first-order chi connectivity index (χ1) is 9.36. The van der Waals surface area contributed by atoms with Gasteiger partial charge in [0.25, 0.3) is 0 Å². The normalized spacial score (nSPS) is 11.0. The van der Waals surface area contributed by atoms with E-state index in [2.05, 4.69) is 0 Å². The molecule has 0 aliphatic heterocycles. The summed E-state index contributed by atoms with van der Waals surface area (Å²) in [5.74, 6) is -1.32. The molecule has 1 aromatic heterocycles. The standard InChI is InChI=1S/C13H20N2O5/c1-9-7-11(17)13(20)10(8-14(2)5-6-16)15(9)4-3-12(18)19/h7,16,20H,3-6,8H2,1-2H3,(H,18,19). The highest BCUT2D eigenvalue weighted by Gasteiger charge is 2.15. The van der Waals surface area contributed by atoms with Crippen LogP contribution in [-0.4, -0.2) is 51.0 Å². The highest BCUT2D eigenvalue weighted by molar-refractivity contribution is 5.66. The first kappa shape index (κ1) is 16.2. The first-order valence-corrected chi connectivity index (χ1v) is 6.30. The summed E-state index contributed by atoms with van der Waals surface area (Å²) < 4.78 is 1.62. The van der Waals surface area contributed by atoms with Crippen LogP contribution < -0.4 is 5.43 Å². The molecule has 0 saturated heterocycles. The number of aliphatic hydroxyl groups is 1. The van der Waals surface area contributed by atoms with E-state index in [9.17, 15) is 14.7 Å². The predicted molar refractivity (Wildman–Crippen MR) is 72.8 cm³/mol. The highest BCUT2D eigenvalue weighted by atomic mass is 16.4. The lowest BCUT2D eigenvalue weighted by atomic mass is 10.2. The van der Waals surface area contributed by atoms with E-state index in [0.717, 1.165) is 0 Å². The van der Waals surface area contributed by atoms with Gasteiger partial charge in [0.1, 0.15) is 0 Å². The molecule has 0 bridgehead atoms. The van der Waals surface area contributed by atoms with E-state index in [-0.39, 0.29) is 31.9 Å². The Morgan fingerprint density at radius 1 is 1.45 bits per heavy atom. The van der Waals surface area contributed by atoms with Crippen LogP contribution in [0.15, 0.2) is 10.9 Å². The number of aliphatic hydroxyl groups excluding tert-OH is 1. The second-order valence-electron chi connectivity index (χ2n) is 4.70. The minimum Gasteiger partial charge on any atom is -0.503 e. The summed E-state index contributed by atoms with van der Waals surface area (Å²) >= 11 is 0. The number of carboxylic acid groups (broad SMARTS) is 1. The number of likely N-dealkylation sites (N-methyl/N-ethyl adjacent to an activating group) is 1. The number of aromatic hydroxyl groups is 1. The zero-order valence-corrected chi connectivity index (χ0v) is 11.7. The van der Waals surface area contributed by atoms with Gasteiger partial charge in [0.2, 0.25) is 5.43 Å². The van der Waals surface area contributed by atoms with Gasteiger partial charge in [0.05, 0.1) is 18.7 Å². The van der Waals surface area contributed by atoms with Crippen LogP contribution in [0.25, 0.3) is 0 Å². The number of aliphatic carboxylic acids is 1. The molecular weight excluding hydrogens is 264 g/mol. The predicted octanol–water partition coefficient (Wildman–Crippen LogP) is -0.239. The van der Waals surface area contributed by atoms with E-state index in [1.807, 2.05) is 0 Å². The van der Waals surface area contributed by atoms with Gasteiger partial charge in [-0.15, -0.1) is 0 Å². The number of nitrogens with zero attached hydrogens (tertiary/aromatic N) is 2. The number of pyridine rings is 1. The van der Waals surface area contributed by atoms with E-state index < -0.39 is 11.4 Å². The maximum atomic E-state index is 11.6. The number of carboxylic acids is 1. The molecule has 20 heavy (non-hydrogen) atoms. The molecule has 0 aliphatic rings. The fraction of sp³-hybridized carbons (Fsp3) is 0.538. The minimum atomic E-state index is -0.947. The second-order valence-corrected chi connectivity index (χ2v) is 4.70. The average molecular weight is 284 g/mol. The summed E-state index contributed by atoms with van der Waals surface area (Å²) in [5.41, 5.74) is 0.482. The van der Waals surface area contributed by atoms with Gasteiger partial charge in [-0.25, -0.2) is 0 Å². The number of carbonyl (C=O) groups is 1. The van der Waals surface area contributed by atoms with Gasteiger partial charge in [-0.05, 0) is 14.0 Å². The second kappa shape index (κ2) is 7.06. The van der Waals surface area contributed by atoms with Gasteiger partial charge in [-0.2, -0.15) is 0 Å². The third-order valence-corrected chi connectivity index (χ3v) is 3.05. The highest BCUT2D eigenvalue weighted by Crippen LogP contribution is 2.16. The Hall–Kier alpha value is -1.86. The molecule has 7 heteroatoms. The number of hydrogen-bond acceptors (Lipinski definition) is 5. The smallest absolute Gasteiger partial charge is 0.305 e. The first-order valence-electron chi connectivity index (χ1n) is 6.30. The molecule has 1 rings (SSSR count). The maximum Gasteiger partial charge on any atom is 0.305 e. The number of aryl methyl sites for hydroxylation is 1. The minimum absolute atomic E-state index is 0.0393. The lowest BCUT2D eigenvalue weighted by Crippen LogP contribution is -2.26. The molecule has 1 heterocycles. The van der Waals surface area contributed by atoms with Crippen LogP contribution in [0.3, 0.4) is 0 Å². The molecule has 0 atom stereocenters. The van der Waals surface area contributed by atoms with Gasteiger partial charge >= 0.3 is 5.97 Å². The van der Waals surface area contributed by atoms with Crippen molar-refractivity contribution in [2.24, 2.45) is 0 Å². The quantitative estimate of drug-likeness (QED) is 0.638. The Bertz CT molecular complexity index is 538. The number of hydrogen-bond donors (Lipinski definition) is 3. The maximum absolute atomic E-state index is 11.6. The van der Waals surface area contributed by atoms with Crippen LogP contribution in [-0.2, 0) is 17.9 Å². The molecule has 0 amide bonds. The molecule has 0 spiro atoms. The van der Waals surface area contributed by atoms with E-state index in [1.165, 1.54) is 6.07 Å². The van der Waals surface area contributed by atoms with Crippen molar-refractivity contribution in [3.8, 4) is 5.75 Å². The lowest BCUT2D eigenvalue weighted by Gasteiger charge is -2.21. The molecular formula is C13H20N2O5. The van der Waals surface area contributed by atoms with Crippen LogP contribution in [0.5, 0.6) is 5.75 Å². The third-order valence-electron chi connectivity index (χ3n) is 3.05. The van der Waals surface area contributed by atoms with Gasteiger partial charge in [0.15, 0.2) is 5.75 Å². The van der Waals surface area contributed by atoms with Crippen molar-refractivity contribution in [1.82, 2.24) is 9.47 Å². The summed E-state index contributed by atoms with van der Waals surface area (Å²) in [4.78, 5) is 24.1. The molecule has 1 aromatic rings. The Labute approximate surface area is 116 Å². The fourth-order valence-electron chi connectivity index (χ4n) is 2.00. The molecule has 7 nitrogen and oxygen atoms in total. The Balaban J connectivity index is 3.15. The Kier molecular flexibility index (Phi) is 5.72. The molecule has 0 radical (unpaired) electrons. The fourth-order valence-corrected chi connectivity index (χ4v) is 2.00. The third kappa shape index (κ3) is 4.07. The van der Waals surface area contributed by atoms with Gasteiger partial charge < -0.3 is 19.9 Å². The Morgan fingerprint density at radius 2 is 2.10 bits per heavy atom. The van der Waals surface area contributed by atoms with E-state index in [1.54, 1.807) is 23.4 Å². The molecule has 112 valence electrons. The van der Waals surface area contributed by atoms with Gasteiger partial charge in [-0.1, -0.05) is 0 Å². The lowest BCUT2D eigenvalue weighted by molar-refractivity contribution is -0.137. The number of rotatable bonds is 7. The zero-order chi connectivity index (χ0) is 15.3. The van der Waals surface area contributed by atoms with Gasteiger partial charge in [-0.3, -0.25) is 14.5 Å². The van der Waals surface area contributed by atoms with Crippen molar-refractivity contribution in [2.75, 3.05) is 20.2 Å².